The fraction of sp³-hybridized carbons (Fsp3) is 0.600. The minimum absolute atomic E-state index is 0.266. The number of halogens is 2. The van der Waals surface area contributed by atoms with Gasteiger partial charge in [0.1, 0.15) is 0 Å². The summed E-state index contributed by atoms with van der Waals surface area (Å²) in [5, 5.41) is 4.92. The summed E-state index contributed by atoms with van der Waals surface area (Å²) in [5.74, 6) is 0.779. The number of ether oxygens (including phenoxy) is 1. The Labute approximate surface area is 124 Å². The maximum Gasteiger partial charge on any atom is 0.0757 e. The van der Waals surface area contributed by atoms with Crippen molar-refractivity contribution in [1.29, 1.82) is 0 Å². The molecule has 0 amide bonds. The summed E-state index contributed by atoms with van der Waals surface area (Å²) in [5.41, 5.74) is 1.18. The first-order valence-corrected chi connectivity index (χ1v) is 7.73. The number of nitrogens with one attached hydrogen (secondary N) is 1. The Hall–Kier alpha value is -0.280. The smallest absolute Gasteiger partial charge is 0.0757 e. The standard InChI is InChI=1S/C15H19Cl2NO/c1-9(11-4-5-12(16)13(17)8-11)18-14-6-7-19-15(14)10-2-3-10/h4-5,8-10,14-15,18H,2-3,6-7H2,1H3. The van der Waals surface area contributed by atoms with E-state index in [9.17, 15) is 0 Å². The van der Waals surface area contributed by atoms with E-state index in [1.54, 1.807) is 0 Å². The van der Waals surface area contributed by atoms with Crippen molar-refractivity contribution in [3.63, 3.8) is 0 Å². The minimum Gasteiger partial charge on any atom is -0.376 e. The fourth-order valence-corrected chi connectivity index (χ4v) is 3.18. The van der Waals surface area contributed by atoms with Gasteiger partial charge in [0, 0.05) is 18.7 Å². The Balaban J connectivity index is 1.66. The highest BCUT2D eigenvalue weighted by molar-refractivity contribution is 6.42. The van der Waals surface area contributed by atoms with Crippen LogP contribution in [0.1, 0.15) is 37.8 Å². The normalized spacial score (nSPS) is 28.6. The van der Waals surface area contributed by atoms with Crippen LogP contribution in [0.4, 0.5) is 0 Å². The first-order valence-electron chi connectivity index (χ1n) is 6.98. The van der Waals surface area contributed by atoms with E-state index in [1.165, 1.54) is 18.4 Å². The summed E-state index contributed by atoms with van der Waals surface area (Å²) in [6, 6.07) is 6.58. The summed E-state index contributed by atoms with van der Waals surface area (Å²) < 4.78 is 5.86. The molecule has 3 atom stereocenters. The van der Waals surface area contributed by atoms with Crippen LogP contribution in [0.5, 0.6) is 0 Å². The van der Waals surface area contributed by atoms with E-state index in [0.29, 0.717) is 22.2 Å². The molecule has 2 aliphatic rings. The van der Waals surface area contributed by atoms with Crippen molar-refractivity contribution in [2.24, 2.45) is 5.92 Å². The Morgan fingerprint density at radius 3 is 2.68 bits per heavy atom. The molecular formula is C15H19Cl2NO. The predicted octanol–water partition coefficient (Wildman–Crippen LogP) is 4.21. The van der Waals surface area contributed by atoms with Gasteiger partial charge in [-0.1, -0.05) is 29.3 Å². The lowest BCUT2D eigenvalue weighted by Crippen LogP contribution is -2.39. The van der Waals surface area contributed by atoms with E-state index in [0.717, 1.165) is 18.9 Å². The van der Waals surface area contributed by atoms with Gasteiger partial charge in [0.05, 0.1) is 16.1 Å². The molecule has 19 heavy (non-hydrogen) atoms. The zero-order valence-corrected chi connectivity index (χ0v) is 12.5. The molecule has 0 aromatic heterocycles. The molecular weight excluding hydrogens is 281 g/mol. The van der Waals surface area contributed by atoms with E-state index in [1.807, 2.05) is 18.2 Å². The lowest BCUT2D eigenvalue weighted by atomic mass is 10.0. The van der Waals surface area contributed by atoms with Gasteiger partial charge in [0.15, 0.2) is 0 Å². The van der Waals surface area contributed by atoms with Gasteiger partial charge in [-0.2, -0.15) is 0 Å². The lowest BCUT2D eigenvalue weighted by molar-refractivity contribution is 0.0793. The van der Waals surface area contributed by atoms with Crippen molar-refractivity contribution in [1.82, 2.24) is 5.32 Å². The molecule has 2 fully saturated rings. The monoisotopic (exact) mass is 299 g/mol. The second-order valence-corrected chi connectivity index (χ2v) is 6.44. The maximum atomic E-state index is 6.08. The van der Waals surface area contributed by atoms with Crippen LogP contribution >= 0.6 is 23.2 Å². The second-order valence-electron chi connectivity index (χ2n) is 5.63. The van der Waals surface area contributed by atoms with Gasteiger partial charge >= 0.3 is 0 Å². The lowest BCUT2D eigenvalue weighted by Gasteiger charge is -2.24. The molecule has 3 unspecified atom stereocenters. The average molecular weight is 300 g/mol. The average Bonchev–Trinajstić information content (AvgIpc) is 3.13. The Morgan fingerprint density at radius 2 is 2.00 bits per heavy atom. The van der Waals surface area contributed by atoms with E-state index in [2.05, 4.69) is 12.2 Å². The molecule has 104 valence electrons. The number of hydrogen-bond donors (Lipinski definition) is 1. The van der Waals surface area contributed by atoms with Crippen molar-refractivity contribution in [2.45, 2.75) is 44.4 Å². The van der Waals surface area contributed by atoms with E-state index in [-0.39, 0.29) is 6.04 Å². The van der Waals surface area contributed by atoms with Crippen LogP contribution in [0.25, 0.3) is 0 Å². The second kappa shape index (κ2) is 5.61. The number of rotatable bonds is 4. The van der Waals surface area contributed by atoms with Gasteiger partial charge < -0.3 is 10.1 Å². The van der Waals surface area contributed by atoms with Crippen molar-refractivity contribution >= 4 is 23.2 Å². The third kappa shape index (κ3) is 3.08. The Kier molecular flexibility index (Phi) is 4.04. The topological polar surface area (TPSA) is 21.3 Å². The first kappa shape index (κ1) is 13.7. The van der Waals surface area contributed by atoms with Crippen LogP contribution in [0.15, 0.2) is 18.2 Å². The zero-order chi connectivity index (χ0) is 13.4. The molecule has 0 bridgehead atoms. The molecule has 2 nitrogen and oxygen atoms in total. The Morgan fingerprint density at radius 1 is 1.21 bits per heavy atom. The molecule has 1 aromatic carbocycles. The SMILES string of the molecule is CC(NC1CCOC1C1CC1)c1ccc(Cl)c(Cl)c1. The molecule has 3 rings (SSSR count). The van der Waals surface area contributed by atoms with Crippen molar-refractivity contribution < 1.29 is 4.74 Å². The molecule has 0 radical (unpaired) electrons. The summed E-state index contributed by atoms with van der Waals surface area (Å²) >= 11 is 12.0. The van der Waals surface area contributed by atoms with Gasteiger partial charge in [-0.05, 0) is 49.8 Å². The molecule has 1 N–H and O–H groups in total. The Bertz CT molecular complexity index is 461. The van der Waals surface area contributed by atoms with Gasteiger partial charge in [-0.25, -0.2) is 0 Å². The highest BCUT2D eigenvalue weighted by Crippen LogP contribution is 2.39. The molecule has 1 aromatic rings. The van der Waals surface area contributed by atoms with Crippen LogP contribution < -0.4 is 5.32 Å². The van der Waals surface area contributed by atoms with Crippen molar-refractivity contribution in [2.75, 3.05) is 6.61 Å². The first-order chi connectivity index (χ1) is 9.15. The number of benzene rings is 1. The quantitative estimate of drug-likeness (QED) is 0.899. The maximum absolute atomic E-state index is 6.08. The van der Waals surface area contributed by atoms with Crippen molar-refractivity contribution in [3.05, 3.63) is 33.8 Å². The van der Waals surface area contributed by atoms with E-state index >= 15 is 0 Å². The molecule has 1 heterocycles. The van der Waals surface area contributed by atoms with Crippen molar-refractivity contribution in [3.8, 4) is 0 Å². The van der Waals surface area contributed by atoms with Gasteiger partial charge in [-0.15, -0.1) is 0 Å². The zero-order valence-electron chi connectivity index (χ0n) is 11.0. The number of hydrogen-bond acceptors (Lipinski definition) is 2. The van der Waals surface area contributed by atoms with Gasteiger partial charge in [-0.3, -0.25) is 0 Å². The minimum atomic E-state index is 0.266. The van der Waals surface area contributed by atoms with Crippen LogP contribution in [-0.4, -0.2) is 18.8 Å². The fourth-order valence-electron chi connectivity index (χ4n) is 2.88. The predicted molar refractivity (Wildman–Crippen MR) is 78.9 cm³/mol. The third-order valence-electron chi connectivity index (χ3n) is 4.13. The van der Waals surface area contributed by atoms with Crippen LogP contribution in [0, 0.1) is 5.92 Å². The molecule has 1 aliphatic carbocycles. The molecule has 1 saturated heterocycles. The van der Waals surface area contributed by atoms with Gasteiger partial charge in [0.2, 0.25) is 0 Å². The molecule has 1 saturated carbocycles. The summed E-state index contributed by atoms with van der Waals surface area (Å²) in [4.78, 5) is 0. The summed E-state index contributed by atoms with van der Waals surface area (Å²) in [7, 11) is 0. The van der Waals surface area contributed by atoms with Crippen LogP contribution in [0.3, 0.4) is 0 Å². The molecule has 4 heteroatoms. The summed E-state index contributed by atoms with van der Waals surface area (Å²) in [6.07, 6.45) is 4.16. The summed E-state index contributed by atoms with van der Waals surface area (Å²) in [6.45, 7) is 3.05. The van der Waals surface area contributed by atoms with Gasteiger partial charge in [0.25, 0.3) is 0 Å². The highest BCUT2D eigenvalue weighted by Gasteiger charge is 2.40. The highest BCUT2D eigenvalue weighted by atomic mass is 35.5. The van der Waals surface area contributed by atoms with E-state index < -0.39 is 0 Å². The third-order valence-corrected chi connectivity index (χ3v) is 4.87. The van der Waals surface area contributed by atoms with Crippen LogP contribution in [0.2, 0.25) is 10.0 Å². The molecule has 0 spiro atoms. The van der Waals surface area contributed by atoms with E-state index in [4.69, 9.17) is 27.9 Å². The van der Waals surface area contributed by atoms with Crippen LogP contribution in [-0.2, 0) is 4.74 Å². The molecule has 1 aliphatic heterocycles. The largest absolute Gasteiger partial charge is 0.376 e.